The number of pyridine rings is 1. The number of aromatic nitrogens is 3. The van der Waals surface area contributed by atoms with E-state index in [4.69, 9.17) is 14.0 Å². The summed E-state index contributed by atoms with van der Waals surface area (Å²) in [6, 6.07) is 61.7. The predicted octanol–water partition coefficient (Wildman–Crippen LogP) is 18.1. The Hall–Kier alpha value is -7.17. The van der Waals surface area contributed by atoms with Gasteiger partial charge in [-0.15, -0.1) is 47.5 Å². The molecule has 11 aromatic rings. The van der Waals surface area contributed by atoms with Crippen molar-refractivity contribution in [2.75, 3.05) is 0 Å². The van der Waals surface area contributed by atoms with Crippen LogP contribution in [-0.2, 0) is 26.5 Å². The molecule has 0 atom stereocenters. The molecule has 0 amide bonds. The fraction of sp³-hybridized carbons (Fsp3) is 0.182. The van der Waals surface area contributed by atoms with Crippen LogP contribution in [0, 0.1) is 24.4 Å². The molecule has 0 aliphatic rings. The Labute approximate surface area is 442 Å². The summed E-state index contributed by atoms with van der Waals surface area (Å²) < 4.78 is 68.1. The van der Waals surface area contributed by atoms with Crippen molar-refractivity contribution in [3.8, 4) is 61.7 Å². The summed E-state index contributed by atoms with van der Waals surface area (Å²) in [5.41, 5.74) is 11.9. The third-order valence-corrected chi connectivity index (χ3v) is 12.5. The van der Waals surface area contributed by atoms with E-state index in [1.165, 1.54) is 6.07 Å². The number of nitrogens with zero attached hydrogens (tertiary/aromatic N) is 3. The maximum absolute atomic E-state index is 9.13. The molecule has 3 aromatic heterocycles. The second-order valence-corrected chi connectivity index (χ2v) is 19.2. The molecule has 11 rings (SSSR count). The zero-order chi connectivity index (χ0) is 54.7. The molecule has 4 nitrogen and oxygen atoms in total. The fourth-order valence-corrected chi connectivity index (χ4v) is 9.20. The van der Waals surface area contributed by atoms with Gasteiger partial charge in [0.25, 0.3) is 0 Å². The predicted molar refractivity (Wildman–Crippen MR) is 294 cm³/mol. The number of hydrogen-bond acceptors (Lipinski definition) is 3. The van der Waals surface area contributed by atoms with Crippen molar-refractivity contribution < 1.29 is 34.1 Å². The van der Waals surface area contributed by atoms with Gasteiger partial charge in [0, 0.05) is 64.8 Å². The first-order chi connectivity index (χ1) is 36.5. The molecule has 5 heteroatoms. The van der Waals surface area contributed by atoms with Gasteiger partial charge in [0.15, 0.2) is 0 Å². The second kappa shape index (κ2) is 20.7. The van der Waals surface area contributed by atoms with Crippen molar-refractivity contribution in [2.45, 2.75) is 73.5 Å². The van der Waals surface area contributed by atoms with Crippen LogP contribution < -0.4 is 0 Å². The molecule has 0 unspecified atom stereocenters. The van der Waals surface area contributed by atoms with E-state index in [1.807, 2.05) is 199 Å². The first-order valence-corrected chi connectivity index (χ1v) is 23.7. The maximum Gasteiger partial charge on any atom is 0.128 e. The van der Waals surface area contributed by atoms with Crippen molar-refractivity contribution in [1.82, 2.24) is 14.5 Å². The van der Waals surface area contributed by atoms with Gasteiger partial charge >= 0.3 is 0 Å². The van der Waals surface area contributed by atoms with Gasteiger partial charge < -0.3 is 14.0 Å². The van der Waals surface area contributed by atoms with E-state index in [1.54, 1.807) is 12.4 Å². The molecule has 0 saturated heterocycles. The Morgan fingerprint density at radius 2 is 1.30 bits per heavy atom. The van der Waals surface area contributed by atoms with Crippen molar-refractivity contribution >= 4 is 32.7 Å². The van der Waals surface area contributed by atoms with Crippen molar-refractivity contribution in [3.05, 3.63) is 223 Å². The molecule has 0 N–H and O–H groups in total. The second-order valence-electron chi connectivity index (χ2n) is 19.2. The van der Waals surface area contributed by atoms with Crippen LogP contribution in [0.25, 0.3) is 94.4 Å². The molecule has 0 bridgehead atoms. The molecule has 0 aliphatic heterocycles. The first kappa shape index (κ1) is 40.5. The topological polar surface area (TPSA) is 43.9 Å². The molecule has 3 heterocycles. The number of rotatable bonds is 9. The summed E-state index contributed by atoms with van der Waals surface area (Å²) in [5.74, 6) is -1.43. The van der Waals surface area contributed by atoms with Crippen LogP contribution in [-0.4, -0.2) is 14.5 Å². The third-order valence-electron chi connectivity index (χ3n) is 12.5. The molecule has 355 valence electrons. The Kier molecular flexibility index (Phi) is 11.8. The summed E-state index contributed by atoms with van der Waals surface area (Å²) in [7, 11) is 0. The van der Waals surface area contributed by atoms with Gasteiger partial charge in [0.1, 0.15) is 5.58 Å². The molecule has 0 aliphatic carbocycles. The van der Waals surface area contributed by atoms with Crippen LogP contribution in [0.2, 0.25) is 0 Å². The van der Waals surface area contributed by atoms with Crippen molar-refractivity contribution in [1.29, 1.82) is 0 Å². The standard InChI is InChI=1S/C34H33N2.C32H26NO.Ir/c1-23(2)30-21-29(26-12-8-6-9-13-26)22-31(24(3)4)33(30)36-19-18-35-34(36)28-17-16-25(5)32(20-28)27-14-10-7-11-15-27;1-32(2,3)20-21-11-13-22(14-12-21)24-17-18-33-29(19-24)28-10-6-9-26-27-16-15-23-7-4-5-8-25(23)30(27)34-31(26)28;/h6-16,18-24H,1-5H3;4-9,11-19H,20H2,1-3H3;/q2*-1;/i5D3,23D,24D;20D2;. The maximum atomic E-state index is 9.13. The summed E-state index contributed by atoms with van der Waals surface area (Å²) >= 11 is 0. The largest absolute Gasteiger partial charge is 0.500 e. The van der Waals surface area contributed by atoms with Gasteiger partial charge in [-0.05, 0) is 97.4 Å². The SMILES string of the molecule is [2H]C([2H])([2H])c1c[c-]c(-c2nccn2-c2c(C([2H])(C)C)cc(-c3ccccc3)cc2C([2H])(C)C)cc1-c1ccccc1.[2H]C([2H])(c1ccc(-c2ccnc(-c3[c-]ccc4c3oc3c5ccccc5ccc43)c2)cc1)C(C)(C)C.[Ir]. The number of aryl methyl sites for hydroxylation is 1. The van der Waals surface area contributed by atoms with Gasteiger partial charge in [-0.3, -0.25) is 4.98 Å². The van der Waals surface area contributed by atoms with E-state index in [9.17, 15) is 0 Å². The number of imidazole rings is 1. The fourth-order valence-electron chi connectivity index (χ4n) is 9.20. The minimum absolute atomic E-state index is 0. The van der Waals surface area contributed by atoms with Crippen molar-refractivity contribution in [2.24, 2.45) is 5.41 Å². The molecule has 0 spiro atoms. The molecule has 1 radical (unpaired) electrons. The Morgan fingerprint density at radius 1 is 0.634 bits per heavy atom. The zero-order valence-electron chi connectivity index (χ0n) is 48.0. The Balaban J connectivity index is 0.000000189. The first-order valence-electron chi connectivity index (χ1n) is 27.2. The quantitative estimate of drug-likeness (QED) is 0.135. The smallest absolute Gasteiger partial charge is 0.128 e. The van der Waals surface area contributed by atoms with Crippen LogP contribution in [0.3, 0.4) is 0 Å². The molecular weight excluding hydrogens is 1040 g/mol. The normalized spacial score (nSPS) is 13.7. The average Bonchev–Trinajstić information content (AvgIpc) is 4.24. The zero-order valence-corrected chi connectivity index (χ0v) is 43.4. The third kappa shape index (κ3) is 10.2. The van der Waals surface area contributed by atoms with E-state index < -0.39 is 30.4 Å². The van der Waals surface area contributed by atoms with Gasteiger partial charge in [-0.25, -0.2) is 0 Å². The van der Waals surface area contributed by atoms with E-state index in [2.05, 4.69) is 46.4 Å². The average molecular weight is 1110 g/mol. The monoisotopic (exact) mass is 1110 g/mol. The van der Waals surface area contributed by atoms with Crippen LogP contribution in [0.4, 0.5) is 0 Å². The number of hydrogen-bond donors (Lipinski definition) is 0. The number of furan rings is 1. The summed E-state index contributed by atoms with van der Waals surface area (Å²) in [5, 5.41) is 4.37. The number of benzene rings is 8. The van der Waals surface area contributed by atoms with Gasteiger partial charge in [-0.1, -0.05) is 199 Å². The molecule has 0 fully saturated rings. The van der Waals surface area contributed by atoms with E-state index >= 15 is 0 Å². The van der Waals surface area contributed by atoms with Crippen LogP contribution >= 0.6 is 0 Å². The van der Waals surface area contributed by atoms with Crippen LogP contribution in [0.1, 0.15) is 92.1 Å². The summed E-state index contributed by atoms with van der Waals surface area (Å²) in [4.78, 5) is 9.34. The minimum atomic E-state index is -2.31. The number of fused-ring (bicyclic) bond motifs is 5. The van der Waals surface area contributed by atoms with Gasteiger partial charge in [0.2, 0.25) is 0 Å². The Morgan fingerprint density at radius 3 is 1.99 bits per heavy atom. The molecule has 0 saturated carbocycles. The Bertz CT molecular complexity index is 3900. The minimum Gasteiger partial charge on any atom is -0.500 e. The summed E-state index contributed by atoms with van der Waals surface area (Å²) in [6.07, 6.45) is 3.91. The molecule has 71 heavy (non-hydrogen) atoms. The van der Waals surface area contributed by atoms with E-state index in [0.29, 0.717) is 22.5 Å². The van der Waals surface area contributed by atoms with Crippen molar-refractivity contribution in [3.63, 3.8) is 0 Å². The summed E-state index contributed by atoms with van der Waals surface area (Å²) in [6.45, 7) is 10.9. The van der Waals surface area contributed by atoms with E-state index in [0.717, 1.165) is 88.6 Å². The van der Waals surface area contributed by atoms with Gasteiger partial charge in [-0.2, -0.15) is 0 Å². The van der Waals surface area contributed by atoms with Crippen LogP contribution in [0.15, 0.2) is 193 Å². The molecule has 8 aromatic carbocycles. The van der Waals surface area contributed by atoms with Gasteiger partial charge in [0.05, 0.1) is 11.4 Å². The van der Waals surface area contributed by atoms with E-state index in [-0.39, 0.29) is 25.7 Å². The van der Waals surface area contributed by atoms with Crippen LogP contribution in [0.5, 0.6) is 0 Å². The molecular formula is C66H59IrN3O-2.